The summed E-state index contributed by atoms with van der Waals surface area (Å²) in [5, 5.41) is 3.35. The molecule has 180 valence electrons. The molecule has 30 heavy (non-hydrogen) atoms. The maximum absolute atomic E-state index is 5.60. The van der Waals surface area contributed by atoms with Crippen molar-refractivity contribution < 1.29 is 33.2 Å². The van der Waals surface area contributed by atoms with E-state index >= 15 is 0 Å². The van der Waals surface area contributed by atoms with Crippen LogP contribution in [0, 0.1) is 0 Å². The van der Waals surface area contributed by atoms with Crippen LogP contribution < -0.4 is 5.32 Å². The standard InChI is InChI=1S/C21H44N2O7/c1-2-8-24-10-12-26-14-16-28-18-20-30-21-19-29-17-15-27-13-11-25-9-7-23-5-3-22-4-6-23/h22H,2-21H2,1H3. The molecule has 0 atom stereocenters. The van der Waals surface area contributed by atoms with Crippen LogP contribution in [0.4, 0.5) is 0 Å². The first-order chi connectivity index (χ1) is 14.9. The summed E-state index contributed by atoms with van der Waals surface area (Å²) in [4.78, 5) is 2.42. The van der Waals surface area contributed by atoms with Crippen molar-refractivity contribution in [2.24, 2.45) is 0 Å². The molecule has 0 aromatic rings. The molecule has 1 aliphatic heterocycles. The van der Waals surface area contributed by atoms with Gasteiger partial charge >= 0.3 is 0 Å². The van der Waals surface area contributed by atoms with Gasteiger partial charge in [-0.3, -0.25) is 4.90 Å². The van der Waals surface area contributed by atoms with Crippen molar-refractivity contribution in [2.45, 2.75) is 13.3 Å². The first-order valence-electron chi connectivity index (χ1n) is 11.4. The number of hydrogen-bond donors (Lipinski definition) is 1. The topological polar surface area (TPSA) is 79.9 Å². The average Bonchev–Trinajstić information content (AvgIpc) is 2.78. The van der Waals surface area contributed by atoms with Gasteiger partial charge in [0.25, 0.3) is 0 Å². The number of ether oxygens (including phenoxy) is 7. The van der Waals surface area contributed by atoms with Crippen molar-refractivity contribution >= 4 is 0 Å². The third kappa shape index (κ3) is 19.6. The SMILES string of the molecule is CCCOCCOCCOCCOCCOCCOCCOCCN1CCNCC1. The van der Waals surface area contributed by atoms with Crippen LogP contribution in [-0.2, 0) is 33.2 Å². The van der Waals surface area contributed by atoms with Crippen LogP contribution in [0.3, 0.4) is 0 Å². The van der Waals surface area contributed by atoms with E-state index in [1.165, 1.54) is 0 Å². The van der Waals surface area contributed by atoms with Crippen molar-refractivity contribution in [3.63, 3.8) is 0 Å². The number of piperazine rings is 1. The monoisotopic (exact) mass is 436 g/mol. The lowest BCUT2D eigenvalue weighted by Gasteiger charge is -2.26. The fraction of sp³-hybridized carbons (Fsp3) is 1.00. The summed E-state index contributed by atoms with van der Waals surface area (Å²) in [5.41, 5.74) is 0. The third-order valence-electron chi connectivity index (χ3n) is 4.34. The summed E-state index contributed by atoms with van der Waals surface area (Å²) in [6.07, 6.45) is 1.04. The van der Waals surface area contributed by atoms with E-state index in [9.17, 15) is 0 Å². The molecule has 0 aromatic heterocycles. The second-order valence-electron chi connectivity index (χ2n) is 6.88. The molecule has 0 radical (unpaired) electrons. The number of nitrogens with zero attached hydrogens (tertiary/aromatic N) is 1. The van der Waals surface area contributed by atoms with Gasteiger partial charge in [-0.2, -0.15) is 0 Å². The van der Waals surface area contributed by atoms with Gasteiger partial charge in [-0.25, -0.2) is 0 Å². The van der Waals surface area contributed by atoms with Gasteiger partial charge in [-0.1, -0.05) is 6.92 Å². The minimum Gasteiger partial charge on any atom is -0.379 e. The number of hydrogen-bond acceptors (Lipinski definition) is 9. The maximum atomic E-state index is 5.60. The van der Waals surface area contributed by atoms with E-state index in [0.717, 1.165) is 52.4 Å². The van der Waals surface area contributed by atoms with Gasteiger partial charge in [0.05, 0.1) is 85.9 Å². The Hall–Kier alpha value is -0.360. The second-order valence-corrected chi connectivity index (χ2v) is 6.88. The molecule has 1 fully saturated rings. The Balaban J connectivity index is 1.63. The van der Waals surface area contributed by atoms with Gasteiger partial charge in [0.1, 0.15) is 0 Å². The second kappa shape index (κ2) is 23.3. The molecule has 1 aliphatic rings. The lowest BCUT2D eigenvalue weighted by molar-refractivity contribution is -0.0210. The Labute approximate surface area is 182 Å². The van der Waals surface area contributed by atoms with Crippen LogP contribution in [0.25, 0.3) is 0 Å². The highest BCUT2D eigenvalue weighted by molar-refractivity contribution is 4.66. The zero-order chi connectivity index (χ0) is 21.4. The van der Waals surface area contributed by atoms with Crippen molar-refractivity contribution in [1.29, 1.82) is 0 Å². The molecule has 0 bridgehead atoms. The molecule has 1 N–H and O–H groups in total. The van der Waals surface area contributed by atoms with E-state index in [4.69, 9.17) is 33.2 Å². The molecular formula is C21H44N2O7. The fourth-order valence-electron chi connectivity index (χ4n) is 2.69. The van der Waals surface area contributed by atoms with Crippen LogP contribution in [0.5, 0.6) is 0 Å². The first kappa shape index (κ1) is 27.7. The Bertz CT molecular complexity index is 334. The molecular weight excluding hydrogens is 392 g/mol. The van der Waals surface area contributed by atoms with Crippen LogP contribution in [0.1, 0.15) is 13.3 Å². The highest BCUT2D eigenvalue weighted by Gasteiger charge is 2.08. The van der Waals surface area contributed by atoms with E-state index in [1.54, 1.807) is 0 Å². The quantitative estimate of drug-likeness (QED) is 0.229. The van der Waals surface area contributed by atoms with Gasteiger partial charge in [-0.05, 0) is 6.42 Å². The smallest absolute Gasteiger partial charge is 0.0701 e. The summed E-state index contributed by atoms with van der Waals surface area (Å²) in [6.45, 7) is 16.1. The molecule has 1 heterocycles. The number of nitrogens with one attached hydrogen (secondary N) is 1. The lowest BCUT2D eigenvalue weighted by Crippen LogP contribution is -2.44. The molecule has 1 rings (SSSR count). The van der Waals surface area contributed by atoms with Gasteiger partial charge in [0, 0.05) is 39.3 Å². The average molecular weight is 437 g/mol. The fourth-order valence-corrected chi connectivity index (χ4v) is 2.69. The largest absolute Gasteiger partial charge is 0.379 e. The van der Waals surface area contributed by atoms with E-state index in [0.29, 0.717) is 79.3 Å². The zero-order valence-corrected chi connectivity index (χ0v) is 18.9. The van der Waals surface area contributed by atoms with Crippen molar-refractivity contribution in [1.82, 2.24) is 10.2 Å². The van der Waals surface area contributed by atoms with E-state index in [2.05, 4.69) is 17.1 Å². The van der Waals surface area contributed by atoms with Crippen molar-refractivity contribution in [3.8, 4) is 0 Å². The Kier molecular flexibility index (Phi) is 21.5. The summed E-state index contributed by atoms with van der Waals surface area (Å²) >= 11 is 0. The van der Waals surface area contributed by atoms with Crippen molar-refractivity contribution in [2.75, 3.05) is 125 Å². The molecule has 0 aromatic carbocycles. The Morgan fingerprint density at radius 2 is 0.833 bits per heavy atom. The minimum absolute atomic E-state index is 0.559. The van der Waals surface area contributed by atoms with Crippen LogP contribution in [0.2, 0.25) is 0 Å². The van der Waals surface area contributed by atoms with Gasteiger partial charge in [0.15, 0.2) is 0 Å². The van der Waals surface area contributed by atoms with Gasteiger partial charge in [-0.15, -0.1) is 0 Å². The van der Waals surface area contributed by atoms with E-state index in [1.807, 2.05) is 0 Å². The highest BCUT2D eigenvalue weighted by Crippen LogP contribution is 1.92. The van der Waals surface area contributed by atoms with Crippen LogP contribution in [0.15, 0.2) is 0 Å². The van der Waals surface area contributed by atoms with Crippen LogP contribution in [-0.4, -0.2) is 130 Å². The molecule has 0 saturated carbocycles. The predicted molar refractivity (Wildman–Crippen MR) is 115 cm³/mol. The normalized spacial score (nSPS) is 15.1. The highest BCUT2D eigenvalue weighted by atomic mass is 16.6. The molecule has 9 nitrogen and oxygen atoms in total. The van der Waals surface area contributed by atoms with Crippen molar-refractivity contribution in [3.05, 3.63) is 0 Å². The summed E-state index contributed by atoms with van der Waals surface area (Å²) in [7, 11) is 0. The first-order valence-corrected chi connectivity index (χ1v) is 11.4. The molecule has 0 aliphatic carbocycles. The molecule has 0 unspecified atom stereocenters. The van der Waals surface area contributed by atoms with Gasteiger partial charge in [0.2, 0.25) is 0 Å². The number of rotatable bonds is 23. The molecule has 0 spiro atoms. The Morgan fingerprint density at radius 3 is 1.20 bits per heavy atom. The summed E-state index contributed by atoms with van der Waals surface area (Å²) < 4.78 is 38.1. The molecule has 1 saturated heterocycles. The zero-order valence-electron chi connectivity index (χ0n) is 18.9. The minimum atomic E-state index is 0.559. The molecule has 9 heteroatoms. The van der Waals surface area contributed by atoms with E-state index < -0.39 is 0 Å². The van der Waals surface area contributed by atoms with E-state index in [-0.39, 0.29) is 0 Å². The maximum Gasteiger partial charge on any atom is 0.0701 e. The predicted octanol–water partition coefficient (Wildman–Crippen LogP) is 0.418. The third-order valence-corrected chi connectivity index (χ3v) is 4.34. The Morgan fingerprint density at radius 1 is 0.500 bits per heavy atom. The van der Waals surface area contributed by atoms with Crippen LogP contribution >= 0.6 is 0 Å². The molecule has 0 amide bonds. The summed E-state index contributed by atoms with van der Waals surface area (Å²) in [6, 6.07) is 0. The van der Waals surface area contributed by atoms with Gasteiger partial charge < -0.3 is 38.5 Å². The summed E-state index contributed by atoms with van der Waals surface area (Å²) in [5.74, 6) is 0. The lowest BCUT2D eigenvalue weighted by atomic mass is 10.4.